The fraction of sp³-hybridized carbons (Fsp3) is 0.933. The molecule has 0 spiro atoms. The van der Waals surface area contributed by atoms with Gasteiger partial charge in [-0.1, -0.05) is 20.8 Å². The van der Waals surface area contributed by atoms with Crippen LogP contribution in [0.25, 0.3) is 0 Å². The topological polar surface area (TPSA) is 44.4 Å². The predicted octanol–water partition coefficient (Wildman–Crippen LogP) is 1.75. The van der Waals surface area contributed by atoms with E-state index in [1.807, 2.05) is 0 Å². The van der Waals surface area contributed by atoms with Crippen LogP contribution in [0.1, 0.15) is 53.9 Å². The van der Waals surface area contributed by atoms with E-state index in [0.29, 0.717) is 18.6 Å². The zero-order chi connectivity index (χ0) is 14.5. The molecule has 2 unspecified atom stereocenters. The molecule has 0 aliphatic carbocycles. The third-order valence-electron chi connectivity index (χ3n) is 4.29. The lowest BCUT2D eigenvalue weighted by atomic mass is 10.0. The van der Waals surface area contributed by atoms with E-state index in [4.69, 9.17) is 0 Å². The van der Waals surface area contributed by atoms with Gasteiger partial charge in [-0.05, 0) is 33.1 Å². The zero-order valence-corrected chi connectivity index (χ0v) is 13.3. The minimum Gasteiger partial charge on any atom is -0.350 e. The molecule has 0 aromatic carbocycles. The van der Waals surface area contributed by atoms with Crippen molar-refractivity contribution in [2.75, 3.05) is 19.6 Å². The van der Waals surface area contributed by atoms with Crippen LogP contribution in [0.2, 0.25) is 0 Å². The third-order valence-corrected chi connectivity index (χ3v) is 4.29. The summed E-state index contributed by atoms with van der Waals surface area (Å²) in [7, 11) is 0. The summed E-state index contributed by atoms with van der Waals surface area (Å²) in [6.45, 7) is 13.2. The maximum Gasteiger partial charge on any atom is 0.234 e. The maximum atomic E-state index is 12.2. The van der Waals surface area contributed by atoms with Crippen molar-refractivity contribution in [3.8, 4) is 0 Å². The van der Waals surface area contributed by atoms with Gasteiger partial charge in [0.2, 0.25) is 5.91 Å². The number of rotatable bonds is 6. The van der Waals surface area contributed by atoms with Gasteiger partial charge in [-0.15, -0.1) is 0 Å². The van der Waals surface area contributed by atoms with Crippen LogP contribution in [0.3, 0.4) is 0 Å². The van der Waals surface area contributed by atoms with Crippen LogP contribution in [0, 0.1) is 0 Å². The van der Waals surface area contributed by atoms with E-state index in [1.165, 1.54) is 0 Å². The van der Waals surface area contributed by atoms with Gasteiger partial charge in [-0.2, -0.15) is 0 Å². The number of amides is 1. The zero-order valence-electron chi connectivity index (χ0n) is 13.3. The maximum absolute atomic E-state index is 12.2. The van der Waals surface area contributed by atoms with Gasteiger partial charge in [-0.25, -0.2) is 0 Å². The smallest absolute Gasteiger partial charge is 0.234 e. The molecule has 1 heterocycles. The Labute approximate surface area is 118 Å². The Morgan fingerprint density at radius 1 is 1.32 bits per heavy atom. The second kappa shape index (κ2) is 7.25. The molecule has 19 heavy (non-hydrogen) atoms. The Morgan fingerprint density at radius 2 is 2.00 bits per heavy atom. The highest BCUT2D eigenvalue weighted by Gasteiger charge is 2.28. The molecule has 0 aromatic rings. The number of nitrogens with one attached hydrogen (secondary N) is 2. The molecule has 1 saturated heterocycles. The van der Waals surface area contributed by atoms with Gasteiger partial charge >= 0.3 is 0 Å². The van der Waals surface area contributed by atoms with Crippen molar-refractivity contribution in [1.82, 2.24) is 15.5 Å². The van der Waals surface area contributed by atoms with Crippen molar-refractivity contribution >= 4 is 5.91 Å². The quantitative estimate of drug-likeness (QED) is 0.772. The number of hydrogen-bond acceptors (Lipinski definition) is 3. The third kappa shape index (κ3) is 5.11. The molecule has 0 saturated carbocycles. The highest BCUT2D eigenvalue weighted by atomic mass is 16.2. The molecule has 2 atom stereocenters. The van der Waals surface area contributed by atoms with Crippen LogP contribution in [-0.4, -0.2) is 48.1 Å². The fourth-order valence-corrected chi connectivity index (χ4v) is 2.49. The molecule has 1 amide bonds. The molecule has 2 N–H and O–H groups in total. The van der Waals surface area contributed by atoms with E-state index >= 15 is 0 Å². The Morgan fingerprint density at radius 3 is 2.53 bits per heavy atom. The van der Waals surface area contributed by atoms with E-state index in [9.17, 15) is 4.79 Å². The summed E-state index contributed by atoms with van der Waals surface area (Å²) in [5, 5.41) is 6.69. The van der Waals surface area contributed by atoms with E-state index in [2.05, 4.69) is 50.2 Å². The highest BCUT2D eigenvalue weighted by Crippen LogP contribution is 2.12. The van der Waals surface area contributed by atoms with Gasteiger partial charge in [0.1, 0.15) is 0 Å². The lowest BCUT2D eigenvalue weighted by Crippen LogP contribution is -2.59. The van der Waals surface area contributed by atoms with Gasteiger partial charge in [0, 0.05) is 30.7 Å². The summed E-state index contributed by atoms with van der Waals surface area (Å²) in [5.41, 5.74) is -0.100. The predicted molar refractivity (Wildman–Crippen MR) is 80.2 cm³/mol. The van der Waals surface area contributed by atoms with Crippen molar-refractivity contribution < 1.29 is 4.79 Å². The Kier molecular flexibility index (Phi) is 6.27. The molecule has 1 aliphatic rings. The van der Waals surface area contributed by atoms with Crippen LogP contribution in [-0.2, 0) is 4.79 Å². The summed E-state index contributed by atoms with van der Waals surface area (Å²) in [4.78, 5) is 14.5. The molecule has 0 bridgehead atoms. The van der Waals surface area contributed by atoms with E-state index in [0.717, 1.165) is 32.4 Å². The van der Waals surface area contributed by atoms with Crippen LogP contribution < -0.4 is 10.6 Å². The lowest BCUT2D eigenvalue weighted by molar-refractivity contribution is -0.124. The minimum atomic E-state index is -0.100. The van der Waals surface area contributed by atoms with Crippen molar-refractivity contribution in [2.45, 2.75) is 71.5 Å². The second-order valence-corrected chi connectivity index (χ2v) is 6.29. The standard InChI is InChI=1S/C15H31N3O/c1-6-12-10-18(13(7-2)9-16-12)11-14(19)17-15(4,5)8-3/h12-13,16H,6-11H2,1-5H3,(H,17,19). The summed E-state index contributed by atoms with van der Waals surface area (Å²) in [6, 6.07) is 1.01. The average molecular weight is 269 g/mol. The van der Waals surface area contributed by atoms with Crippen molar-refractivity contribution in [3.05, 3.63) is 0 Å². The Hall–Kier alpha value is -0.610. The van der Waals surface area contributed by atoms with Gasteiger partial charge in [0.25, 0.3) is 0 Å². The molecule has 4 nitrogen and oxygen atoms in total. The lowest BCUT2D eigenvalue weighted by Gasteiger charge is -2.40. The highest BCUT2D eigenvalue weighted by molar-refractivity contribution is 5.78. The van der Waals surface area contributed by atoms with E-state index < -0.39 is 0 Å². The van der Waals surface area contributed by atoms with E-state index in [-0.39, 0.29) is 11.4 Å². The Bertz CT molecular complexity index is 291. The molecule has 1 fully saturated rings. The van der Waals surface area contributed by atoms with Gasteiger partial charge < -0.3 is 10.6 Å². The first-order valence-electron chi connectivity index (χ1n) is 7.70. The van der Waals surface area contributed by atoms with Crippen molar-refractivity contribution in [3.63, 3.8) is 0 Å². The number of carbonyl (C=O) groups is 1. The van der Waals surface area contributed by atoms with Gasteiger partial charge in [-0.3, -0.25) is 9.69 Å². The number of carbonyl (C=O) groups excluding carboxylic acids is 1. The summed E-state index contributed by atoms with van der Waals surface area (Å²) >= 11 is 0. The molecule has 0 radical (unpaired) electrons. The van der Waals surface area contributed by atoms with Gasteiger partial charge in [0.15, 0.2) is 0 Å². The number of nitrogens with zero attached hydrogens (tertiary/aromatic N) is 1. The molecule has 112 valence electrons. The molecular weight excluding hydrogens is 238 g/mol. The normalized spacial score (nSPS) is 25.3. The summed E-state index contributed by atoms with van der Waals surface area (Å²) in [6.07, 6.45) is 3.16. The van der Waals surface area contributed by atoms with Crippen LogP contribution in [0.5, 0.6) is 0 Å². The molecule has 1 rings (SSSR count). The van der Waals surface area contributed by atoms with Gasteiger partial charge in [0.05, 0.1) is 6.54 Å². The SMILES string of the molecule is CCC1CN(CC(=O)NC(C)(C)CC)C(CC)CN1. The monoisotopic (exact) mass is 269 g/mol. The van der Waals surface area contributed by atoms with Crippen LogP contribution in [0.4, 0.5) is 0 Å². The second-order valence-electron chi connectivity index (χ2n) is 6.29. The minimum absolute atomic E-state index is 0.100. The van der Waals surface area contributed by atoms with Crippen LogP contribution >= 0.6 is 0 Å². The molecule has 1 aliphatic heterocycles. The van der Waals surface area contributed by atoms with E-state index in [1.54, 1.807) is 0 Å². The fourth-order valence-electron chi connectivity index (χ4n) is 2.49. The van der Waals surface area contributed by atoms with Crippen LogP contribution in [0.15, 0.2) is 0 Å². The first-order valence-corrected chi connectivity index (χ1v) is 7.70. The first kappa shape index (κ1) is 16.4. The molecule has 4 heteroatoms. The first-order chi connectivity index (χ1) is 8.91. The largest absolute Gasteiger partial charge is 0.350 e. The average Bonchev–Trinajstić information content (AvgIpc) is 2.37. The summed E-state index contributed by atoms with van der Waals surface area (Å²) < 4.78 is 0. The molecule has 0 aromatic heterocycles. The summed E-state index contributed by atoms with van der Waals surface area (Å²) in [5.74, 6) is 0.155. The molecular formula is C15H31N3O. The van der Waals surface area contributed by atoms with Crippen molar-refractivity contribution in [2.24, 2.45) is 0 Å². The Balaban J connectivity index is 2.54. The number of piperazine rings is 1. The van der Waals surface area contributed by atoms with Crippen molar-refractivity contribution in [1.29, 1.82) is 0 Å². The number of hydrogen-bond donors (Lipinski definition) is 2.